The summed E-state index contributed by atoms with van der Waals surface area (Å²) in [4.78, 5) is 25.8. The summed E-state index contributed by atoms with van der Waals surface area (Å²) in [5, 5.41) is 6.51. The van der Waals surface area contributed by atoms with E-state index in [1.807, 2.05) is 37.3 Å². The Morgan fingerprint density at radius 1 is 1.03 bits per heavy atom. The van der Waals surface area contributed by atoms with Crippen molar-refractivity contribution in [1.29, 1.82) is 0 Å². The van der Waals surface area contributed by atoms with Crippen molar-refractivity contribution < 1.29 is 18.7 Å². The fourth-order valence-electron chi connectivity index (χ4n) is 3.77. The molecule has 4 rings (SSSR count). The number of carbonyl (C=O) groups is 2. The van der Waals surface area contributed by atoms with E-state index >= 15 is 0 Å². The van der Waals surface area contributed by atoms with Crippen molar-refractivity contribution in [2.45, 2.75) is 32.6 Å². The number of carbonyl (C=O) groups excluding carboxylic acids is 2. The van der Waals surface area contributed by atoms with E-state index in [9.17, 15) is 9.59 Å². The van der Waals surface area contributed by atoms with Crippen LogP contribution in [-0.2, 0) is 4.79 Å². The van der Waals surface area contributed by atoms with E-state index in [-0.39, 0.29) is 17.6 Å². The summed E-state index contributed by atoms with van der Waals surface area (Å²) >= 11 is 0. The third-order valence-corrected chi connectivity index (χ3v) is 5.21. The number of amides is 2. The Morgan fingerprint density at radius 3 is 2.55 bits per heavy atom. The minimum Gasteiger partial charge on any atom is -0.492 e. The highest BCUT2D eigenvalue weighted by atomic mass is 16.5. The maximum Gasteiger partial charge on any atom is 0.293 e. The number of fused-ring (bicyclic) bond motifs is 1. The van der Waals surface area contributed by atoms with Crippen molar-refractivity contribution in [2.24, 2.45) is 5.92 Å². The first kappa shape index (κ1) is 19.1. The predicted octanol–water partition coefficient (Wildman–Crippen LogP) is 5.21. The van der Waals surface area contributed by atoms with Crippen LogP contribution >= 0.6 is 0 Å². The summed E-state index contributed by atoms with van der Waals surface area (Å²) in [7, 11) is 0. The van der Waals surface area contributed by atoms with Crippen molar-refractivity contribution in [1.82, 2.24) is 0 Å². The first-order chi connectivity index (χ1) is 14.2. The van der Waals surface area contributed by atoms with Crippen LogP contribution in [0, 0.1) is 5.92 Å². The third kappa shape index (κ3) is 3.97. The lowest BCUT2D eigenvalue weighted by atomic mass is 10.1. The van der Waals surface area contributed by atoms with Gasteiger partial charge in [0.25, 0.3) is 5.91 Å². The van der Waals surface area contributed by atoms with Crippen molar-refractivity contribution >= 4 is 34.2 Å². The topological polar surface area (TPSA) is 80.6 Å². The molecule has 2 aromatic carbocycles. The zero-order chi connectivity index (χ0) is 20.2. The maximum absolute atomic E-state index is 13.1. The summed E-state index contributed by atoms with van der Waals surface area (Å²) < 4.78 is 11.4. The van der Waals surface area contributed by atoms with Crippen LogP contribution in [0.15, 0.2) is 52.9 Å². The van der Waals surface area contributed by atoms with Gasteiger partial charge in [-0.1, -0.05) is 37.1 Å². The first-order valence-electron chi connectivity index (χ1n) is 10.0. The zero-order valence-electron chi connectivity index (χ0n) is 16.4. The Morgan fingerprint density at radius 2 is 1.76 bits per heavy atom. The van der Waals surface area contributed by atoms with Gasteiger partial charge in [0.1, 0.15) is 17.0 Å². The van der Waals surface area contributed by atoms with E-state index in [4.69, 9.17) is 9.15 Å². The highest BCUT2D eigenvalue weighted by molar-refractivity contribution is 6.15. The Balaban J connectivity index is 1.66. The molecule has 29 heavy (non-hydrogen) atoms. The largest absolute Gasteiger partial charge is 0.492 e. The number of para-hydroxylation sites is 3. The van der Waals surface area contributed by atoms with Crippen molar-refractivity contribution in [2.75, 3.05) is 17.2 Å². The van der Waals surface area contributed by atoms with E-state index in [0.717, 1.165) is 25.7 Å². The molecule has 0 aliphatic heterocycles. The molecule has 6 nitrogen and oxygen atoms in total. The van der Waals surface area contributed by atoms with Crippen LogP contribution in [0.5, 0.6) is 5.75 Å². The smallest absolute Gasteiger partial charge is 0.293 e. The lowest BCUT2D eigenvalue weighted by Crippen LogP contribution is -2.22. The van der Waals surface area contributed by atoms with Gasteiger partial charge in [-0.3, -0.25) is 9.59 Å². The van der Waals surface area contributed by atoms with E-state index in [1.54, 1.807) is 18.2 Å². The number of furan rings is 1. The van der Waals surface area contributed by atoms with Crippen molar-refractivity contribution in [3.8, 4) is 5.75 Å². The molecule has 0 unspecified atom stereocenters. The van der Waals surface area contributed by atoms with Gasteiger partial charge < -0.3 is 19.8 Å². The van der Waals surface area contributed by atoms with E-state index in [1.165, 1.54) is 0 Å². The molecule has 0 bridgehead atoms. The molecule has 1 heterocycles. The molecule has 0 radical (unpaired) electrons. The highest BCUT2D eigenvalue weighted by Gasteiger charge is 2.27. The molecule has 2 N–H and O–H groups in total. The van der Waals surface area contributed by atoms with Gasteiger partial charge in [0.05, 0.1) is 12.3 Å². The van der Waals surface area contributed by atoms with Crippen LogP contribution in [0.4, 0.5) is 11.4 Å². The number of anilines is 2. The van der Waals surface area contributed by atoms with Crippen LogP contribution in [0.25, 0.3) is 11.0 Å². The summed E-state index contributed by atoms with van der Waals surface area (Å²) in [6.45, 7) is 2.37. The molecule has 1 saturated carbocycles. The average molecular weight is 392 g/mol. The lowest BCUT2D eigenvalue weighted by molar-refractivity contribution is -0.119. The summed E-state index contributed by atoms with van der Waals surface area (Å²) in [5.74, 6) is 0.158. The van der Waals surface area contributed by atoms with E-state index < -0.39 is 5.91 Å². The molecule has 0 spiro atoms. The zero-order valence-corrected chi connectivity index (χ0v) is 16.4. The standard InChI is InChI=1S/C23H24N2O4/c1-2-28-19-14-8-6-12-17(19)24-23(27)21-20(16-11-5-7-13-18(16)29-21)25-22(26)15-9-3-4-10-15/h5-8,11-15H,2-4,9-10H2,1H3,(H,24,27)(H,25,26). The Bertz CT molecular complexity index is 1030. The Kier molecular flexibility index (Phi) is 5.51. The van der Waals surface area contributed by atoms with E-state index in [2.05, 4.69) is 10.6 Å². The monoisotopic (exact) mass is 392 g/mol. The molecular formula is C23H24N2O4. The van der Waals surface area contributed by atoms with Gasteiger partial charge in [0.2, 0.25) is 11.7 Å². The van der Waals surface area contributed by atoms with Crippen LogP contribution in [0.2, 0.25) is 0 Å². The number of nitrogens with one attached hydrogen (secondary N) is 2. The normalized spacial score (nSPS) is 14.1. The molecule has 6 heteroatoms. The summed E-state index contributed by atoms with van der Waals surface area (Å²) in [6.07, 6.45) is 3.88. The fourth-order valence-corrected chi connectivity index (χ4v) is 3.77. The molecule has 150 valence electrons. The van der Waals surface area contributed by atoms with Crippen molar-refractivity contribution in [3.63, 3.8) is 0 Å². The van der Waals surface area contributed by atoms with Gasteiger partial charge in [0, 0.05) is 11.3 Å². The van der Waals surface area contributed by atoms with E-state index in [0.29, 0.717) is 34.7 Å². The molecular weight excluding hydrogens is 368 g/mol. The van der Waals surface area contributed by atoms with Gasteiger partial charge in [-0.15, -0.1) is 0 Å². The number of hydrogen-bond donors (Lipinski definition) is 2. The minimum absolute atomic E-state index is 0.0155. The number of hydrogen-bond acceptors (Lipinski definition) is 4. The molecule has 1 aromatic heterocycles. The SMILES string of the molecule is CCOc1ccccc1NC(=O)c1oc2ccccc2c1NC(=O)C1CCCC1. The number of rotatable bonds is 6. The van der Waals surface area contributed by atoms with Crippen LogP contribution in [0.3, 0.4) is 0 Å². The average Bonchev–Trinajstić information content (AvgIpc) is 3.38. The third-order valence-electron chi connectivity index (χ3n) is 5.21. The molecule has 1 aliphatic rings. The molecule has 0 atom stereocenters. The number of ether oxygens (including phenoxy) is 1. The van der Waals surface area contributed by atoms with Crippen molar-refractivity contribution in [3.05, 3.63) is 54.3 Å². The maximum atomic E-state index is 13.1. The second kappa shape index (κ2) is 8.39. The second-order valence-electron chi connectivity index (χ2n) is 7.16. The minimum atomic E-state index is -0.435. The van der Waals surface area contributed by atoms with Gasteiger partial charge in [-0.2, -0.15) is 0 Å². The molecule has 0 saturated heterocycles. The van der Waals surface area contributed by atoms with Gasteiger partial charge in [0.15, 0.2) is 0 Å². The van der Waals surface area contributed by atoms with Crippen LogP contribution in [-0.4, -0.2) is 18.4 Å². The number of benzene rings is 2. The first-order valence-corrected chi connectivity index (χ1v) is 10.0. The van der Waals surface area contributed by atoms with Gasteiger partial charge in [-0.25, -0.2) is 0 Å². The highest BCUT2D eigenvalue weighted by Crippen LogP contribution is 2.34. The van der Waals surface area contributed by atoms with Crippen LogP contribution in [0.1, 0.15) is 43.2 Å². The molecule has 2 amide bonds. The van der Waals surface area contributed by atoms with Crippen LogP contribution < -0.4 is 15.4 Å². The predicted molar refractivity (Wildman–Crippen MR) is 112 cm³/mol. The van der Waals surface area contributed by atoms with Gasteiger partial charge in [-0.05, 0) is 44.0 Å². The van der Waals surface area contributed by atoms with Gasteiger partial charge >= 0.3 is 0 Å². The fraction of sp³-hybridized carbons (Fsp3) is 0.304. The lowest BCUT2D eigenvalue weighted by Gasteiger charge is -2.12. The Hall–Kier alpha value is -3.28. The summed E-state index contributed by atoms with van der Waals surface area (Å²) in [6, 6.07) is 14.5. The quantitative estimate of drug-likeness (QED) is 0.603. The molecule has 1 aliphatic carbocycles. The molecule has 1 fully saturated rings. The second-order valence-corrected chi connectivity index (χ2v) is 7.16. The Labute approximate surface area is 169 Å². The molecule has 3 aromatic rings. The summed E-state index contributed by atoms with van der Waals surface area (Å²) in [5.41, 5.74) is 1.52.